The van der Waals surface area contributed by atoms with Crippen LogP contribution < -0.4 is 0 Å². The fourth-order valence-corrected chi connectivity index (χ4v) is 1.67. The fourth-order valence-electron chi connectivity index (χ4n) is 1.10. The Morgan fingerprint density at radius 3 is 3.00 bits per heavy atom. The average molecular weight is 230 g/mol. The molecule has 0 atom stereocenters. The number of hydrogen-bond acceptors (Lipinski definition) is 2. The van der Waals surface area contributed by atoms with Gasteiger partial charge in [0, 0.05) is 4.90 Å². The summed E-state index contributed by atoms with van der Waals surface area (Å²) in [4.78, 5) is 8.51. The molecule has 0 fully saturated rings. The van der Waals surface area contributed by atoms with Crippen molar-refractivity contribution in [1.82, 2.24) is 9.97 Å². The van der Waals surface area contributed by atoms with Crippen LogP contribution in [0.5, 0.6) is 0 Å². The molecule has 56 valence electrons. The van der Waals surface area contributed by atoms with Crippen LogP contribution in [0.15, 0.2) is 29.4 Å². The summed E-state index contributed by atoms with van der Waals surface area (Å²) in [5, 5.41) is 0. The summed E-state index contributed by atoms with van der Waals surface area (Å²) in [7, 11) is 0. The predicted octanol–water partition coefficient (Wildman–Crippen LogP) is 2.28. The zero-order valence-corrected chi connectivity index (χ0v) is 10.7. The van der Waals surface area contributed by atoms with E-state index in [1.165, 1.54) is 4.90 Å². The standard InChI is InChI=1S/C8H8N2S.Zn/c1-11-7-4-2-3-6-8(7)10-5-9-6;/h2-5H,1H3,(H,9,10);/q;+2. The molecule has 0 spiro atoms. The number of aromatic nitrogens is 2. The van der Waals surface area contributed by atoms with Gasteiger partial charge in [0.25, 0.3) is 0 Å². The van der Waals surface area contributed by atoms with Gasteiger partial charge >= 0.3 is 19.5 Å². The zero-order valence-electron chi connectivity index (χ0n) is 6.87. The first-order valence-corrected chi connectivity index (χ1v) is 4.60. The maximum absolute atomic E-state index is 4.21. The van der Waals surface area contributed by atoms with Crippen molar-refractivity contribution in [2.24, 2.45) is 0 Å². The minimum absolute atomic E-state index is 0. The number of thioether (sulfide) groups is 1. The summed E-state index contributed by atoms with van der Waals surface area (Å²) in [5.74, 6) is 0. The molecule has 0 aliphatic carbocycles. The van der Waals surface area contributed by atoms with Gasteiger partial charge in [0.05, 0.1) is 11.8 Å². The molecule has 1 aromatic heterocycles. The van der Waals surface area contributed by atoms with E-state index >= 15 is 0 Å². The van der Waals surface area contributed by atoms with Crippen LogP contribution in [0, 0.1) is 0 Å². The first-order valence-electron chi connectivity index (χ1n) is 3.38. The number of aromatic amines is 1. The number of rotatable bonds is 1. The van der Waals surface area contributed by atoms with Gasteiger partial charge in [-0.25, -0.2) is 4.98 Å². The molecular weight excluding hydrogens is 222 g/mol. The van der Waals surface area contributed by atoms with Gasteiger partial charge in [-0.3, -0.25) is 0 Å². The third-order valence-electron chi connectivity index (χ3n) is 1.63. The maximum Gasteiger partial charge on any atom is 2.00 e. The van der Waals surface area contributed by atoms with Gasteiger partial charge < -0.3 is 4.98 Å². The van der Waals surface area contributed by atoms with Crippen molar-refractivity contribution < 1.29 is 19.5 Å². The number of nitrogens with one attached hydrogen (secondary N) is 1. The number of para-hydroxylation sites is 1. The molecule has 0 aliphatic rings. The molecule has 1 heterocycles. The quantitative estimate of drug-likeness (QED) is 0.600. The van der Waals surface area contributed by atoms with Gasteiger partial charge in [-0.05, 0) is 18.4 Å². The minimum Gasteiger partial charge on any atom is -0.345 e. The Labute approximate surface area is 87.9 Å². The molecule has 0 amide bonds. The molecular formula is C8H8N2SZn+2. The van der Waals surface area contributed by atoms with Crippen LogP contribution in [0.2, 0.25) is 0 Å². The number of hydrogen-bond donors (Lipinski definition) is 1. The van der Waals surface area contributed by atoms with Crippen LogP contribution in [0.1, 0.15) is 0 Å². The molecule has 0 unspecified atom stereocenters. The topological polar surface area (TPSA) is 28.7 Å². The summed E-state index contributed by atoms with van der Waals surface area (Å²) >= 11 is 1.72. The van der Waals surface area contributed by atoms with Crippen LogP contribution >= 0.6 is 11.8 Å². The number of nitrogens with zero attached hydrogens (tertiary/aromatic N) is 1. The monoisotopic (exact) mass is 228 g/mol. The van der Waals surface area contributed by atoms with E-state index in [4.69, 9.17) is 0 Å². The normalized spacial score (nSPS) is 9.75. The van der Waals surface area contributed by atoms with Crippen molar-refractivity contribution in [2.75, 3.05) is 6.26 Å². The molecule has 0 aliphatic heterocycles. The Kier molecular flexibility index (Phi) is 3.30. The van der Waals surface area contributed by atoms with Crippen LogP contribution in [0.25, 0.3) is 11.0 Å². The van der Waals surface area contributed by atoms with Crippen molar-refractivity contribution >= 4 is 22.8 Å². The SMILES string of the molecule is CSc1cccc2[nH]cnc12.[Zn+2]. The molecule has 1 aromatic carbocycles. The van der Waals surface area contributed by atoms with Gasteiger partial charge in [0.2, 0.25) is 0 Å². The number of fused-ring (bicyclic) bond motifs is 1. The average Bonchev–Trinajstić information content (AvgIpc) is 2.50. The summed E-state index contributed by atoms with van der Waals surface area (Å²) < 4.78 is 0. The van der Waals surface area contributed by atoms with E-state index in [0.29, 0.717) is 0 Å². The molecule has 2 nitrogen and oxygen atoms in total. The Bertz CT molecular complexity index is 372. The molecule has 2 aromatic rings. The van der Waals surface area contributed by atoms with E-state index in [1.807, 2.05) is 12.1 Å². The molecule has 1 N–H and O–H groups in total. The van der Waals surface area contributed by atoms with Gasteiger partial charge in [-0.2, -0.15) is 0 Å². The Morgan fingerprint density at radius 1 is 1.42 bits per heavy atom. The number of H-pyrrole nitrogens is 1. The van der Waals surface area contributed by atoms with Crippen molar-refractivity contribution in [3.05, 3.63) is 24.5 Å². The molecule has 12 heavy (non-hydrogen) atoms. The van der Waals surface area contributed by atoms with Gasteiger partial charge in [0.1, 0.15) is 5.52 Å². The first-order chi connectivity index (χ1) is 5.42. The Balaban J connectivity index is 0.000000720. The van der Waals surface area contributed by atoms with E-state index < -0.39 is 0 Å². The van der Waals surface area contributed by atoms with Crippen LogP contribution in [-0.4, -0.2) is 16.2 Å². The maximum atomic E-state index is 4.21. The molecule has 0 radical (unpaired) electrons. The van der Waals surface area contributed by atoms with Gasteiger partial charge in [-0.15, -0.1) is 11.8 Å². The third-order valence-corrected chi connectivity index (χ3v) is 2.40. The summed E-state index contributed by atoms with van der Waals surface area (Å²) in [5.41, 5.74) is 2.18. The largest absolute Gasteiger partial charge is 2.00 e. The summed E-state index contributed by atoms with van der Waals surface area (Å²) in [6.07, 6.45) is 3.79. The summed E-state index contributed by atoms with van der Waals surface area (Å²) in [6.45, 7) is 0. The molecule has 0 saturated heterocycles. The first kappa shape index (κ1) is 9.75. The zero-order chi connectivity index (χ0) is 7.68. The third kappa shape index (κ3) is 1.55. The van der Waals surface area contributed by atoms with E-state index in [-0.39, 0.29) is 19.5 Å². The van der Waals surface area contributed by atoms with Crippen LogP contribution in [0.3, 0.4) is 0 Å². The van der Waals surface area contributed by atoms with Crippen molar-refractivity contribution in [2.45, 2.75) is 4.90 Å². The molecule has 2 rings (SSSR count). The fraction of sp³-hybridized carbons (Fsp3) is 0.125. The van der Waals surface area contributed by atoms with Gasteiger partial charge in [0.15, 0.2) is 0 Å². The summed E-state index contributed by atoms with van der Waals surface area (Å²) in [6, 6.07) is 6.14. The van der Waals surface area contributed by atoms with Crippen molar-refractivity contribution in [1.29, 1.82) is 0 Å². The molecule has 0 bridgehead atoms. The van der Waals surface area contributed by atoms with Crippen LogP contribution in [0.4, 0.5) is 0 Å². The smallest absolute Gasteiger partial charge is 0.345 e. The molecule has 4 heteroatoms. The van der Waals surface area contributed by atoms with E-state index in [1.54, 1.807) is 18.1 Å². The second kappa shape index (κ2) is 4.06. The number of imidazole rings is 1. The Hall–Kier alpha value is -0.337. The number of benzene rings is 1. The van der Waals surface area contributed by atoms with Crippen molar-refractivity contribution in [3.63, 3.8) is 0 Å². The van der Waals surface area contributed by atoms with Crippen molar-refractivity contribution in [3.8, 4) is 0 Å². The second-order valence-corrected chi connectivity index (χ2v) is 3.11. The van der Waals surface area contributed by atoms with E-state index in [2.05, 4.69) is 22.3 Å². The van der Waals surface area contributed by atoms with Crippen LogP contribution in [-0.2, 0) is 19.5 Å². The van der Waals surface area contributed by atoms with Gasteiger partial charge in [-0.1, -0.05) is 6.07 Å². The molecule has 0 saturated carbocycles. The van der Waals surface area contributed by atoms with E-state index in [0.717, 1.165) is 11.0 Å². The minimum atomic E-state index is 0. The van der Waals surface area contributed by atoms with E-state index in [9.17, 15) is 0 Å². The second-order valence-electron chi connectivity index (χ2n) is 2.26. The Morgan fingerprint density at radius 2 is 2.25 bits per heavy atom. The predicted molar refractivity (Wildman–Crippen MR) is 47.9 cm³/mol.